The number of rotatable bonds is 41. The zero-order valence-electron chi connectivity index (χ0n) is 34.3. The summed E-state index contributed by atoms with van der Waals surface area (Å²) in [5, 5.41) is 0. The normalized spacial score (nSPS) is 13.5. The Morgan fingerprint density at radius 1 is 0.547 bits per heavy atom. The van der Waals surface area contributed by atoms with Crippen LogP contribution in [-0.2, 0) is 32.7 Å². The monoisotopic (exact) mass is 772 g/mol. The number of esters is 2. The molecule has 0 bridgehead atoms. The molecule has 0 aliphatic heterocycles. The lowest BCUT2D eigenvalue weighted by molar-refractivity contribution is -0.161. The van der Waals surface area contributed by atoms with Crippen LogP contribution in [0.4, 0.5) is 0 Å². The summed E-state index contributed by atoms with van der Waals surface area (Å²) in [5.41, 5.74) is 5.34. The van der Waals surface area contributed by atoms with Gasteiger partial charge in [0.2, 0.25) is 0 Å². The molecule has 0 rings (SSSR count). The Hall–Kier alpha value is -1.51. The molecule has 0 aliphatic carbocycles. The molecule has 0 aromatic rings. The molecule has 0 amide bonds. The minimum Gasteiger partial charge on any atom is -0.462 e. The quantitative estimate of drug-likeness (QED) is 0.0269. The molecule has 0 aromatic carbocycles. The summed E-state index contributed by atoms with van der Waals surface area (Å²) in [5.74, 6) is -0.838. The standard InChI is InChI=1S/C43H82NO8P/c1-3-5-7-9-11-13-15-17-19-20-22-24-26-28-30-32-34-36-43(46)52-41(40-51-53(47,48)50-38-37-44)39-49-42(45)35-33-31-29-27-25-23-21-18-16-14-12-10-8-6-4-2/h17-19,21,41H,3-16,20,22-40,44H2,1-2H3,(H,47,48)/b19-17-,21-18-. The zero-order chi connectivity index (χ0) is 38.9. The molecule has 10 heteroatoms. The van der Waals surface area contributed by atoms with Gasteiger partial charge in [0, 0.05) is 19.4 Å². The van der Waals surface area contributed by atoms with E-state index in [0.29, 0.717) is 6.42 Å². The van der Waals surface area contributed by atoms with Crippen molar-refractivity contribution in [3.05, 3.63) is 24.3 Å². The lowest BCUT2D eigenvalue weighted by Gasteiger charge is -2.19. The lowest BCUT2D eigenvalue weighted by atomic mass is 10.1. The molecule has 2 unspecified atom stereocenters. The average molecular weight is 772 g/mol. The maximum Gasteiger partial charge on any atom is 0.472 e. The van der Waals surface area contributed by atoms with Crippen molar-refractivity contribution >= 4 is 19.8 Å². The lowest BCUT2D eigenvalue weighted by Crippen LogP contribution is -2.29. The first-order valence-corrected chi connectivity index (χ1v) is 23.3. The van der Waals surface area contributed by atoms with Gasteiger partial charge in [0.15, 0.2) is 6.10 Å². The highest BCUT2D eigenvalue weighted by Gasteiger charge is 2.26. The smallest absolute Gasteiger partial charge is 0.462 e. The van der Waals surface area contributed by atoms with Gasteiger partial charge in [-0.25, -0.2) is 4.57 Å². The summed E-state index contributed by atoms with van der Waals surface area (Å²) in [6, 6.07) is 0. The number of phosphoric ester groups is 1. The molecule has 0 fully saturated rings. The van der Waals surface area contributed by atoms with Crippen LogP contribution in [0.1, 0.15) is 206 Å². The third-order valence-corrected chi connectivity index (χ3v) is 10.3. The van der Waals surface area contributed by atoms with Gasteiger partial charge in [0.05, 0.1) is 13.2 Å². The van der Waals surface area contributed by atoms with Crippen molar-refractivity contribution in [2.45, 2.75) is 213 Å². The fourth-order valence-electron chi connectivity index (χ4n) is 6.04. The minimum absolute atomic E-state index is 0.0526. The summed E-state index contributed by atoms with van der Waals surface area (Å²) < 4.78 is 32.8. The molecule has 0 saturated carbocycles. The van der Waals surface area contributed by atoms with Crippen molar-refractivity contribution in [2.75, 3.05) is 26.4 Å². The van der Waals surface area contributed by atoms with Gasteiger partial charge in [-0.15, -0.1) is 0 Å². The second-order valence-electron chi connectivity index (χ2n) is 14.6. The molecule has 3 N–H and O–H groups in total. The molecule has 9 nitrogen and oxygen atoms in total. The maximum atomic E-state index is 12.6. The van der Waals surface area contributed by atoms with Crippen molar-refractivity contribution in [3.8, 4) is 0 Å². The number of carbonyl (C=O) groups excluding carboxylic acids is 2. The van der Waals surface area contributed by atoms with Crippen molar-refractivity contribution in [1.29, 1.82) is 0 Å². The number of ether oxygens (including phenoxy) is 2. The molecule has 0 radical (unpaired) electrons. The second-order valence-corrected chi connectivity index (χ2v) is 16.0. The first-order valence-electron chi connectivity index (χ1n) is 21.8. The maximum absolute atomic E-state index is 12.6. The summed E-state index contributed by atoms with van der Waals surface area (Å²) >= 11 is 0. The van der Waals surface area contributed by atoms with E-state index in [1.54, 1.807) is 0 Å². The fraction of sp³-hybridized carbons (Fsp3) is 0.860. The molecule has 312 valence electrons. The highest BCUT2D eigenvalue weighted by Crippen LogP contribution is 2.43. The number of hydrogen-bond donors (Lipinski definition) is 2. The van der Waals surface area contributed by atoms with Gasteiger partial charge < -0.3 is 20.1 Å². The van der Waals surface area contributed by atoms with Crippen LogP contribution in [0.2, 0.25) is 0 Å². The van der Waals surface area contributed by atoms with E-state index in [2.05, 4.69) is 38.2 Å². The SMILES string of the molecule is CCCCCCCC/C=C\CCCCCCCCCC(=O)OC(COC(=O)CCCCCCC/C=C\CCCCCCCC)COP(=O)(O)OCCN. The van der Waals surface area contributed by atoms with Gasteiger partial charge in [0.25, 0.3) is 0 Å². The van der Waals surface area contributed by atoms with Crippen LogP contribution in [0, 0.1) is 0 Å². The van der Waals surface area contributed by atoms with Crippen molar-refractivity contribution in [3.63, 3.8) is 0 Å². The summed E-state index contributed by atoms with van der Waals surface area (Å²) in [6.45, 7) is 3.72. The number of carbonyl (C=O) groups is 2. The van der Waals surface area contributed by atoms with Crippen LogP contribution in [0.3, 0.4) is 0 Å². The first kappa shape index (κ1) is 51.5. The summed E-state index contributed by atoms with van der Waals surface area (Å²) in [6.07, 6.45) is 42.0. The van der Waals surface area contributed by atoms with Gasteiger partial charge >= 0.3 is 19.8 Å². The molecule has 0 aliphatic rings. The number of nitrogens with two attached hydrogens (primary N) is 1. The summed E-state index contributed by atoms with van der Waals surface area (Å²) in [4.78, 5) is 34.8. The number of phosphoric acid groups is 1. The van der Waals surface area contributed by atoms with E-state index in [4.69, 9.17) is 24.3 Å². The van der Waals surface area contributed by atoms with Gasteiger partial charge in [-0.3, -0.25) is 18.6 Å². The van der Waals surface area contributed by atoms with E-state index in [-0.39, 0.29) is 38.6 Å². The van der Waals surface area contributed by atoms with E-state index in [9.17, 15) is 19.0 Å². The van der Waals surface area contributed by atoms with Crippen LogP contribution in [0.5, 0.6) is 0 Å². The van der Waals surface area contributed by atoms with Gasteiger partial charge in [0.1, 0.15) is 6.61 Å². The van der Waals surface area contributed by atoms with Gasteiger partial charge in [-0.2, -0.15) is 0 Å². The Kier molecular flexibility index (Phi) is 39.0. The first-order chi connectivity index (χ1) is 25.8. The van der Waals surface area contributed by atoms with Crippen molar-refractivity contribution in [2.24, 2.45) is 5.73 Å². The third-order valence-electron chi connectivity index (χ3n) is 9.31. The molecular weight excluding hydrogens is 689 g/mol. The van der Waals surface area contributed by atoms with E-state index in [1.165, 1.54) is 109 Å². The number of hydrogen-bond acceptors (Lipinski definition) is 8. The second kappa shape index (κ2) is 40.2. The highest BCUT2D eigenvalue weighted by molar-refractivity contribution is 7.47. The van der Waals surface area contributed by atoms with E-state index < -0.39 is 26.5 Å². The number of allylic oxidation sites excluding steroid dienone is 4. The molecule has 0 spiro atoms. The van der Waals surface area contributed by atoms with Crippen molar-refractivity contribution < 1.29 is 37.6 Å². The molecule has 0 heterocycles. The fourth-order valence-corrected chi connectivity index (χ4v) is 6.80. The molecule has 2 atom stereocenters. The Labute approximate surface area is 325 Å². The predicted octanol–water partition coefficient (Wildman–Crippen LogP) is 12.4. The van der Waals surface area contributed by atoms with Crippen LogP contribution in [0.25, 0.3) is 0 Å². The molecule has 0 aromatic heterocycles. The van der Waals surface area contributed by atoms with E-state index in [1.807, 2.05) is 0 Å². The van der Waals surface area contributed by atoms with E-state index >= 15 is 0 Å². The summed E-state index contributed by atoms with van der Waals surface area (Å²) in [7, 11) is -4.38. The van der Waals surface area contributed by atoms with Crippen molar-refractivity contribution in [1.82, 2.24) is 0 Å². The number of unbranched alkanes of at least 4 members (excludes halogenated alkanes) is 24. The Morgan fingerprint density at radius 2 is 0.925 bits per heavy atom. The Balaban J connectivity index is 4.16. The average Bonchev–Trinajstić information content (AvgIpc) is 3.14. The predicted molar refractivity (Wildman–Crippen MR) is 220 cm³/mol. The zero-order valence-corrected chi connectivity index (χ0v) is 35.2. The minimum atomic E-state index is -4.38. The van der Waals surface area contributed by atoms with Crippen LogP contribution in [0.15, 0.2) is 24.3 Å². The molecule has 0 saturated heterocycles. The van der Waals surface area contributed by atoms with Crippen LogP contribution < -0.4 is 5.73 Å². The Morgan fingerprint density at radius 3 is 1.34 bits per heavy atom. The van der Waals surface area contributed by atoms with Crippen LogP contribution in [-0.4, -0.2) is 49.3 Å². The third kappa shape index (κ3) is 40.0. The van der Waals surface area contributed by atoms with Crippen LogP contribution >= 0.6 is 7.82 Å². The van der Waals surface area contributed by atoms with E-state index in [0.717, 1.165) is 64.2 Å². The highest BCUT2D eigenvalue weighted by atomic mass is 31.2. The van der Waals surface area contributed by atoms with Gasteiger partial charge in [-0.05, 0) is 64.2 Å². The molecular formula is C43H82NO8P. The topological polar surface area (TPSA) is 134 Å². The van der Waals surface area contributed by atoms with Gasteiger partial charge in [-0.1, -0.05) is 154 Å². The Bertz CT molecular complexity index is 928. The molecule has 53 heavy (non-hydrogen) atoms. The largest absolute Gasteiger partial charge is 0.472 e.